The average molecular weight is 367 g/mol. The van der Waals surface area contributed by atoms with E-state index in [1.807, 2.05) is 13.8 Å². The lowest BCUT2D eigenvalue weighted by molar-refractivity contribution is -0.137. The zero-order valence-electron chi connectivity index (χ0n) is 14.1. The van der Waals surface area contributed by atoms with Gasteiger partial charge in [0.2, 0.25) is 0 Å². The standard InChI is InChI=1S/C19H17F4NO2/c1-18(2)9-12-5-10(3-4-15(12)16(18)24-17(25)26)11-6-13(19(21,22)23)8-14(20)7-11/h3-8,16,24H,9H2,1-2H3,(H,25,26). The van der Waals surface area contributed by atoms with E-state index in [9.17, 15) is 22.4 Å². The van der Waals surface area contributed by atoms with Gasteiger partial charge in [0.05, 0.1) is 11.6 Å². The Morgan fingerprint density at radius 3 is 2.46 bits per heavy atom. The molecule has 2 N–H and O–H groups in total. The summed E-state index contributed by atoms with van der Waals surface area (Å²) in [5.41, 5.74) is 0.794. The highest BCUT2D eigenvalue weighted by atomic mass is 19.4. The summed E-state index contributed by atoms with van der Waals surface area (Å²) in [6.07, 6.45) is -5.21. The average Bonchev–Trinajstić information content (AvgIpc) is 2.75. The fourth-order valence-corrected chi connectivity index (χ4v) is 3.55. The maximum atomic E-state index is 13.7. The Morgan fingerprint density at radius 2 is 1.85 bits per heavy atom. The van der Waals surface area contributed by atoms with Crippen molar-refractivity contribution < 1.29 is 27.5 Å². The van der Waals surface area contributed by atoms with Gasteiger partial charge < -0.3 is 10.4 Å². The van der Waals surface area contributed by atoms with Crippen LogP contribution in [0.3, 0.4) is 0 Å². The van der Waals surface area contributed by atoms with Crippen molar-refractivity contribution in [1.29, 1.82) is 0 Å². The van der Waals surface area contributed by atoms with Crippen molar-refractivity contribution in [3.63, 3.8) is 0 Å². The molecule has 1 aliphatic carbocycles. The van der Waals surface area contributed by atoms with Crippen LogP contribution in [-0.2, 0) is 12.6 Å². The van der Waals surface area contributed by atoms with Crippen LogP contribution in [0.15, 0.2) is 36.4 Å². The third-order valence-corrected chi connectivity index (χ3v) is 4.71. The molecule has 0 saturated heterocycles. The maximum Gasteiger partial charge on any atom is 0.416 e. The van der Waals surface area contributed by atoms with Gasteiger partial charge in [-0.15, -0.1) is 0 Å². The Bertz CT molecular complexity index is 874. The molecule has 2 aromatic carbocycles. The van der Waals surface area contributed by atoms with E-state index in [4.69, 9.17) is 5.11 Å². The van der Waals surface area contributed by atoms with Gasteiger partial charge in [0.1, 0.15) is 5.82 Å². The number of fused-ring (bicyclic) bond motifs is 1. The zero-order valence-corrected chi connectivity index (χ0v) is 14.1. The lowest BCUT2D eigenvalue weighted by Crippen LogP contribution is -2.34. The number of rotatable bonds is 2. The van der Waals surface area contributed by atoms with Crippen molar-refractivity contribution in [2.24, 2.45) is 5.41 Å². The molecule has 0 spiro atoms. The third-order valence-electron chi connectivity index (χ3n) is 4.71. The summed E-state index contributed by atoms with van der Waals surface area (Å²) in [6, 6.07) is 7.01. The van der Waals surface area contributed by atoms with Gasteiger partial charge in [-0.05, 0) is 52.3 Å². The Hall–Kier alpha value is -2.57. The Morgan fingerprint density at radius 1 is 1.15 bits per heavy atom. The molecule has 0 bridgehead atoms. The first-order valence-corrected chi connectivity index (χ1v) is 7.98. The van der Waals surface area contributed by atoms with Crippen LogP contribution in [0.1, 0.15) is 36.6 Å². The maximum absolute atomic E-state index is 13.7. The van der Waals surface area contributed by atoms with Crippen molar-refractivity contribution >= 4 is 6.09 Å². The molecule has 1 atom stereocenters. The summed E-state index contributed by atoms with van der Waals surface area (Å²) in [5.74, 6) is -0.957. The number of alkyl halides is 3. The molecule has 0 heterocycles. The first kappa shape index (κ1) is 18.2. The van der Waals surface area contributed by atoms with Crippen molar-refractivity contribution in [2.45, 2.75) is 32.5 Å². The molecule has 138 valence electrons. The minimum atomic E-state index is -4.63. The number of carbonyl (C=O) groups is 1. The quantitative estimate of drug-likeness (QED) is 0.698. The molecule has 0 aliphatic heterocycles. The molecule has 1 aliphatic rings. The highest BCUT2D eigenvalue weighted by Crippen LogP contribution is 2.46. The summed E-state index contributed by atoms with van der Waals surface area (Å²) >= 11 is 0. The Balaban J connectivity index is 2.04. The molecule has 3 nitrogen and oxygen atoms in total. The lowest BCUT2D eigenvalue weighted by Gasteiger charge is -2.27. The van der Waals surface area contributed by atoms with Gasteiger partial charge in [-0.1, -0.05) is 32.0 Å². The predicted molar refractivity (Wildman–Crippen MR) is 88.2 cm³/mol. The number of hydrogen-bond acceptors (Lipinski definition) is 1. The Labute approximate surface area is 147 Å². The molecule has 0 aromatic heterocycles. The van der Waals surface area contributed by atoms with Gasteiger partial charge in [-0.25, -0.2) is 9.18 Å². The largest absolute Gasteiger partial charge is 0.465 e. The molecule has 3 rings (SSSR count). The van der Waals surface area contributed by atoms with Gasteiger partial charge >= 0.3 is 12.3 Å². The summed E-state index contributed by atoms with van der Waals surface area (Å²) in [4.78, 5) is 11.1. The molecule has 2 aromatic rings. The summed E-state index contributed by atoms with van der Waals surface area (Å²) in [7, 11) is 0. The first-order chi connectivity index (χ1) is 12.0. The molecule has 0 saturated carbocycles. The molecular weight excluding hydrogens is 350 g/mol. The minimum absolute atomic E-state index is 0.132. The monoisotopic (exact) mass is 367 g/mol. The van der Waals surface area contributed by atoms with Crippen molar-refractivity contribution in [2.75, 3.05) is 0 Å². The fourth-order valence-electron chi connectivity index (χ4n) is 3.55. The van der Waals surface area contributed by atoms with Crippen molar-refractivity contribution in [3.05, 3.63) is 58.9 Å². The lowest BCUT2D eigenvalue weighted by atomic mass is 9.85. The predicted octanol–water partition coefficient (Wildman–Crippen LogP) is 5.40. The van der Waals surface area contributed by atoms with Gasteiger partial charge in [-0.2, -0.15) is 13.2 Å². The fraction of sp³-hybridized carbons (Fsp3) is 0.316. The second-order valence-electron chi connectivity index (χ2n) is 7.19. The van der Waals surface area contributed by atoms with Crippen LogP contribution >= 0.6 is 0 Å². The van der Waals surface area contributed by atoms with Gasteiger partial charge in [0.25, 0.3) is 0 Å². The number of carboxylic acid groups (broad SMARTS) is 1. The van der Waals surface area contributed by atoms with E-state index in [-0.39, 0.29) is 11.0 Å². The number of hydrogen-bond donors (Lipinski definition) is 2. The summed E-state index contributed by atoms with van der Waals surface area (Å²) < 4.78 is 52.5. The van der Waals surface area contributed by atoms with Gasteiger partial charge in [-0.3, -0.25) is 0 Å². The highest BCUT2D eigenvalue weighted by Gasteiger charge is 2.40. The third kappa shape index (κ3) is 3.38. The van der Waals surface area contributed by atoms with E-state index < -0.39 is 29.7 Å². The molecule has 0 fully saturated rings. The normalized spacial score (nSPS) is 18.5. The van der Waals surface area contributed by atoms with Gasteiger partial charge in [0, 0.05) is 0 Å². The zero-order chi connectivity index (χ0) is 19.3. The second kappa shape index (κ2) is 6.00. The van der Waals surface area contributed by atoms with Crippen LogP contribution in [0.5, 0.6) is 0 Å². The first-order valence-electron chi connectivity index (χ1n) is 7.98. The van der Waals surface area contributed by atoms with E-state index in [0.717, 1.165) is 23.3 Å². The molecule has 0 radical (unpaired) electrons. The van der Waals surface area contributed by atoms with Crippen LogP contribution in [0.2, 0.25) is 0 Å². The number of halogens is 4. The second-order valence-corrected chi connectivity index (χ2v) is 7.19. The molecular formula is C19H17F4NO2. The summed E-state index contributed by atoms with van der Waals surface area (Å²) in [5, 5.41) is 11.5. The Kier molecular flexibility index (Phi) is 4.21. The number of amides is 1. The van der Waals surface area contributed by atoms with Crippen LogP contribution in [0, 0.1) is 11.2 Å². The van der Waals surface area contributed by atoms with Crippen LogP contribution in [-0.4, -0.2) is 11.2 Å². The molecule has 7 heteroatoms. The van der Waals surface area contributed by atoms with Gasteiger partial charge in [0.15, 0.2) is 0 Å². The van der Waals surface area contributed by atoms with E-state index >= 15 is 0 Å². The number of benzene rings is 2. The molecule has 1 unspecified atom stereocenters. The number of nitrogens with one attached hydrogen (secondary N) is 1. The van der Waals surface area contributed by atoms with Crippen LogP contribution in [0.4, 0.5) is 22.4 Å². The summed E-state index contributed by atoms with van der Waals surface area (Å²) in [6.45, 7) is 3.83. The van der Waals surface area contributed by atoms with E-state index in [1.54, 1.807) is 18.2 Å². The topological polar surface area (TPSA) is 49.3 Å². The van der Waals surface area contributed by atoms with Crippen molar-refractivity contribution in [1.82, 2.24) is 5.32 Å². The van der Waals surface area contributed by atoms with E-state index in [0.29, 0.717) is 18.1 Å². The molecule has 1 amide bonds. The molecule has 26 heavy (non-hydrogen) atoms. The minimum Gasteiger partial charge on any atom is -0.465 e. The smallest absolute Gasteiger partial charge is 0.416 e. The van der Waals surface area contributed by atoms with E-state index in [1.165, 1.54) is 0 Å². The SMILES string of the molecule is CC1(C)Cc2cc(-c3cc(F)cc(C(F)(F)F)c3)ccc2C1NC(=O)O. The van der Waals surface area contributed by atoms with E-state index in [2.05, 4.69) is 5.32 Å². The van der Waals surface area contributed by atoms with Crippen LogP contribution in [0.25, 0.3) is 11.1 Å². The van der Waals surface area contributed by atoms with Crippen molar-refractivity contribution in [3.8, 4) is 11.1 Å². The highest BCUT2D eigenvalue weighted by molar-refractivity contribution is 5.69. The van der Waals surface area contributed by atoms with Crippen LogP contribution < -0.4 is 5.32 Å².